The van der Waals surface area contributed by atoms with E-state index < -0.39 is 18.4 Å². The Morgan fingerprint density at radius 2 is 1.15 bits per heavy atom. The highest BCUT2D eigenvalue weighted by Crippen LogP contribution is 2.51. The summed E-state index contributed by atoms with van der Waals surface area (Å²) in [5.41, 5.74) is 4.36. The molecule has 0 bridgehead atoms. The third-order valence-electron chi connectivity index (χ3n) is 16.0. The van der Waals surface area contributed by atoms with Crippen molar-refractivity contribution < 1.29 is 33.2 Å². The van der Waals surface area contributed by atoms with Crippen molar-refractivity contribution in [2.24, 2.45) is 0 Å². The van der Waals surface area contributed by atoms with Gasteiger partial charge in [-0.1, -0.05) is 46.4 Å². The lowest BCUT2D eigenvalue weighted by atomic mass is 9.85. The molecule has 2 aromatic carbocycles. The summed E-state index contributed by atoms with van der Waals surface area (Å²) in [5.74, 6) is 2.29. The number of ether oxygens (including phenoxy) is 7. The van der Waals surface area contributed by atoms with Crippen molar-refractivity contribution in [3.05, 3.63) is 104 Å². The van der Waals surface area contributed by atoms with Gasteiger partial charge in [-0.2, -0.15) is 20.7 Å². The summed E-state index contributed by atoms with van der Waals surface area (Å²) in [7, 11) is 6.44. The second-order valence-electron chi connectivity index (χ2n) is 22.2. The van der Waals surface area contributed by atoms with Gasteiger partial charge in [0, 0.05) is 154 Å². The largest absolute Gasteiger partial charge is 0.493 e. The molecule has 0 radical (unpaired) electrons. The van der Waals surface area contributed by atoms with Crippen LogP contribution in [0.5, 0.6) is 23.0 Å². The number of methoxy groups -OCH3 is 4. The molecule has 21 nitrogen and oxygen atoms in total. The topological polar surface area (TPSA) is 241 Å². The Morgan fingerprint density at radius 1 is 0.663 bits per heavy atom. The standard InChI is InChI=1S/C61H64Cl4N14O7/c1-33(52-41(62)25-68-26-42(52)63)85-49-17-35-45(19-47(49)82-7)74-75-56(35)39-23-70-58(77-29-60(3,30-77)72-12-15-80-5)37(21-66)54(39)55-38(22-67)59(78-31-61(4,32-78)73-13-16-81-6)71-24-40(55)57-36-18-50(86-34(2)53-43(64)27-69-28-44(53)65)48(83-8)20-46(36)79(76-57)51-11-9-10-14-84-51/h17-20,23-28,33-34,51,72-73H,9-16,29-32H2,1-8H3,(H,74,75)/t33-,34-,51-/m1/s1. The van der Waals surface area contributed by atoms with Crippen LogP contribution in [-0.2, 0) is 14.2 Å². The average molecular weight is 1250 g/mol. The zero-order chi connectivity index (χ0) is 60.6. The Kier molecular flexibility index (Phi) is 17.7. The van der Waals surface area contributed by atoms with E-state index in [1.54, 1.807) is 46.9 Å². The number of nitrogens with zero attached hydrogens (tertiary/aromatic N) is 11. The number of benzene rings is 2. The predicted octanol–water partition coefficient (Wildman–Crippen LogP) is 11.5. The number of rotatable bonds is 22. The molecule has 3 atom stereocenters. The van der Waals surface area contributed by atoms with Gasteiger partial charge in [-0.25, -0.2) is 14.6 Å². The van der Waals surface area contributed by atoms with E-state index in [4.69, 9.17) is 99.7 Å². The number of pyridine rings is 4. The van der Waals surface area contributed by atoms with Gasteiger partial charge in [0.2, 0.25) is 0 Å². The second kappa shape index (κ2) is 25.2. The minimum absolute atomic E-state index is 0.188. The van der Waals surface area contributed by atoms with Crippen LogP contribution in [0.1, 0.15) is 87.6 Å². The van der Waals surface area contributed by atoms with Gasteiger partial charge >= 0.3 is 0 Å². The van der Waals surface area contributed by atoms with E-state index >= 15 is 0 Å². The monoisotopic (exact) mass is 1240 g/mol. The van der Waals surface area contributed by atoms with E-state index in [-0.39, 0.29) is 22.2 Å². The Labute approximate surface area is 517 Å². The second-order valence-corrected chi connectivity index (χ2v) is 23.8. The Hall–Kier alpha value is -7.28. The van der Waals surface area contributed by atoms with Crippen LogP contribution in [0.3, 0.4) is 0 Å². The molecular weight excluding hydrogens is 1180 g/mol. The number of aromatic amines is 1. The highest BCUT2D eigenvalue weighted by atomic mass is 35.5. The molecule has 8 aromatic rings. The first kappa shape index (κ1) is 60.4. The fraction of sp³-hybridized carbons (Fsp3) is 0.410. The van der Waals surface area contributed by atoms with Crippen molar-refractivity contribution in [3.63, 3.8) is 0 Å². The number of halogens is 4. The first-order chi connectivity index (χ1) is 41.5. The molecule has 25 heteroatoms. The molecule has 448 valence electrons. The maximum Gasteiger partial charge on any atom is 0.162 e. The van der Waals surface area contributed by atoms with Crippen LogP contribution < -0.4 is 39.4 Å². The zero-order valence-corrected chi connectivity index (χ0v) is 51.8. The molecule has 6 aromatic heterocycles. The van der Waals surface area contributed by atoms with Gasteiger partial charge in [-0.15, -0.1) is 0 Å². The van der Waals surface area contributed by atoms with Crippen LogP contribution in [0.4, 0.5) is 11.6 Å². The Balaban J connectivity index is 1.18. The number of nitrogens with one attached hydrogen (secondary N) is 3. The fourth-order valence-electron chi connectivity index (χ4n) is 11.9. The van der Waals surface area contributed by atoms with Crippen LogP contribution in [0.15, 0.2) is 61.4 Å². The Morgan fingerprint density at radius 3 is 1.62 bits per heavy atom. The third-order valence-corrected chi connectivity index (χ3v) is 17.2. The highest BCUT2D eigenvalue weighted by molar-refractivity contribution is 6.36. The normalized spacial score (nSPS) is 16.9. The molecule has 3 N–H and O–H groups in total. The Bertz CT molecular complexity index is 3900. The third kappa shape index (κ3) is 11.5. The lowest BCUT2D eigenvalue weighted by Crippen LogP contribution is -2.68. The van der Waals surface area contributed by atoms with Crippen LogP contribution in [0.2, 0.25) is 20.1 Å². The predicted molar refractivity (Wildman–Crippen MR) is 330 cm³/mol. The molecule has 3 fully saturated rings. The van der Waals surface area contributed by atoms with E-state index in [0.29, 0.717) is 187 Å². The van der Waals surface area contributed by atoms with Gasteiger partial charge < -0.3 is 53.6 Å². The first-order valence-electron chi connectivity index (χ1n) is 28.1. The van der Waals surface area contributed by atoms with E-state index in [1.807, 2.05) is 36.7 Å². The minimum atomic E-state index is -0.684. The SMILES string of the molecule is COCCNC1(C)CN(c2ncc(-c3n[nH]c4cc(OC)c(O[C@H](C)c5c(Cl)cncc5Cl)cc34)c(-c3c(-c4nn([C@H]5CCCCO5)c5cc(OC)c(O[C@H](C)c6c(Cl)cncc6Cl)cc45)cnc(N4CC(C)(NCCOC)C4)c3C#N)c2C#N)C1. The number of H-pyrrole nitrogens is 1. The molecule has 0 spiro atoms. The van der Waals surface area contributed by atoms with Crippen LogP contribution in [0.25, 0.3) is 55.4 Å². The highest BCUT2D eigenvalue weighted by Gasteiger charge is 2.44. The van der Waals surface area contributed by atoms with E-state index in [0.717, 1.165) is 12.8 Å². The molecule has 0 saturated carbocycles. The van der Waals surface area contributed by atoms with Gasteiger partial charge in [-0.3, -0.25) is 15.1 Å². The maximum atomic E-state index is 12.0. The van der Waals surface area contributed by atoms with Crippen molar-refractivity contribution >= 4 is 79.8 Å². The van der Waals surface area contributed by atoms with E-state index in [2.05, 4.69) is 61.5 Å². The summed E-state index contributed by atoms with van der Waals surface area (Å²) in [6.45, 7) is 12.7. The number of hydrogen-bond acceptors (Lipinski definition) is 19. The average Bonchev–Trinajstić information content (AvgIpc) is 1.31. The summed E-state index contributed by atoms with van der Waals surface area (Å²) in [6, 6.07) is 12.5. The number of hydrogen-bond donors (Lipinski definition) is 3. The number of nitriles is 2. The summed E-state index contributed by atoms with van der Waals surface area (Å²) in [6.07, 6.45) is 10.1. The van der Waals surface area contributed by atoms with Gasteiger partial charge in [-0.05, 0) is 59.1 Å². The smallest absolute Gasteiger partial charge is 0.162 e. The molecule has 3 aliphatic rings. The van der Waals surface area contributed by atoms with Crippen molar-refractivity contribution in [2.45, 2.75) is 76.5 Å². The van der Waals surface area contributed by atoms with Gasteiger partial charge in [0.05, 0.1) is 69.6 Å². The molecule has 86 heavy (non-hydrogen) atoms. The van der Waals surface area contributed by atoms with E-state index in [1.165, 1.54) is 24.8 Å². The quantitative estimate of drug-likeness (QED) is 0.0534. The van der Waals surface area contributed by atoms with Crippen LogP contribution in [0, 0.1) is 22.7 Å². The van der Waals surface area contributed by atoms with Crippen molar-refractivity contribution in [1.82, 2.24) is 50.5 Å². The molecule has 3 saturated heterocycles. The summed E-state index contributed by atoms with van der Waals surface area (Å²) >= 11 is 26.8. The van der Waals surface area contributed by atoms with Gasteiger partial charge in [0.25, 0.3) is 0 Å². The lowest BCUT2D eigenvalue weighted by Gasteiger charge is -2.50. The minimum Gasteiger partial charge on any atom is -0.493 e. The van der Waals surface area contributed by atoms with Crippen molar-refractivity contribution in [2.75, 3.05) is 97.3 Å². The molecule has 0 unspecified atom stereocenters. The summed E-state index contributed by atoms with van der Waals surface area (Å²) < 4.78 is 44.6. The number of aromatic nitrogens is 8. The fourth-order valence-corrected chi connectivity index (χ4v) is 13.3. The summed E-state index contributed by atoms with van der Waals surface area (Å²) in [5, 5.41) is 47.4. The number of fused-ring (bicyclic) bond motifs is 2. The molecule has 11 rings (SSSR count). The van der Waals surface area contributed by atoms with Gasteiger partial charge in [0.1, 0.15) is 58.5 Å². The number of anilines is 2. The lowest BCUT2D eigenvalue weighted by molar-refractivity contribution is -0.0365. The molecule has 9 heterocycles. The van der Waals surface area contributed by atoms with Crippen LogP contribution >= 0.6 is 46.4 Å². The van der Waals surface area contributed by atoms with Crippen molar-refractivity contribution in [1.29, 1.82) is 10.5 Å². The maximum absolute atomic E-state index is 12.0. The molecule has 3 aliphatic heterocycles. The van der Waals surface area contributed by atoms with E-state index in [9.17, 15) is 10.5 Å². The van der Waals surface area contributed by atoms with Crippen molar-refractivity contribution in [3.8, 4) is 68.8 Å². The molecule has 0 amide bonds. The zero-order valence-electron chi connectivity index (χ0n) is 48.8. The van der Waals surface area contributed by atoms with Crippen LogP contribution in [-0.4, -0.2) is 139 Å². The first-order valence-corrected chi connectivity index (χ1v) is 29.6. The molecular formula is C61H64Cl4N14O7. The molecule has 0 aliphatic carbocycles. The van der Waals surface area contributed by atoms with Gasteiger partial charge in [0.15, 0.2) is 29.2 Å². The summed E-state index contributed by atoms with van der Waals surface area (Å²) in [4.78, 5) is 22.8.